The molecule has 0 aliphatic carbocycles. The summed E-state index contributed by atoms with van der Waals surface area (Å²) in [6.45, 7) is 7.33. The number of nitrogens with one attached hydrogen (secondary N) is 2. The topological polar surface area (TPSA) is 94.1 Å². The molecule has 0 saturated carbocycles. The van der Waals surface area contributed by atoms with Gasteiger partial charge in [-0.2, -0.15) is 0 Å². The van der Waals surface area contributed by atoms with Gasteiger partial charge < -0.3 is 10.1 Å². The van der Waals surface area contributed by atoms with Crippen LogP contribution in [0.25, 0.3) is 10.9 Å². The van der Waals surface area contributed by atoms with E-state index >= 15 is 0 Å². The van der Waals surface area contributed by atoms with Crippen molar-refractivity contribution in [3.8, 4) is 5.88 Å². The number of hydrogen-bond donors (Lipinski definition) is 3. The zero-order valence-electron chi connectivity index (χ0n) is 16.5. The van der Waals surface area contributed by atoms with Crippen molar-refractivity contribution < 1.29 is 5.11 Å². The van der Waals surface area contributed by atoms with Gasteiger partial charge in [-0.15, -0.1) is 0 Å². The second-order valence-electron chi connectivity index (χ2n) is 7.47. The van der Waals surface area contributed by atoms with Gasteiger partial charge in [-0.05, 0) is 37.9 Å². The molecule has 2 atom stereocenters. The third-order valence-corrected chi connectivity index (χ3v) is 6.00. The van der Waals surface area contributed by atoms with E-state index in [9.17, 15) is 14.7 Å². The minimum atomic E-state index is -0.573. The maximum absolute atomic E-state index is 12.8. The van der Waals surface area contributed by atoms with Gasteiger partial charge in [0.1, 0.15) is 5.56 Å². The first-order valence-corrected chi connectivity index (χ1v) is 9.89. The van der Waals surface area contributed by atoms with Crippen molar-refractivity contribution in [1.82, 2.24) is 19.4 Å². The molecule has 7 heteroatoms. The summed E-state index contributed by atoms with van der Waals surface area (Å²) in [6.07, 6.45) is 1.53. The number of likely N-dealkylation sites (N-methyl/N-ethyl adjacent to an activating group) is 1. The van der Waals surface area contributed by atoms with Gasteiger partial charge in [0.05, 0.1) is 6.04 Å². The van der Waals surface area contributed by atoms with Gasteiger partial charge in [-0.3, -0.25) is 19.2 Å². The average molecular weight is 382 g/mol. The lowest BCUT2D eigenvalue weighted by atomic mass is 9.93. The lowest BCUT2D eigenvalue weighted by Gasteiger charge is -2.35. The Bertz CT molecular complexity index is 1140. The maximum atomic E-state index is 12.8. The molecule has 4 rings (SSSR count). The van der Waals surface area contributed by atoms with E-state index in [0.717, 1.165) is 36.1 Å². The Hall–Kier alpha value is -2.80. The van der Waals surface area contributed by atoms with E-state index in [1.54, 1.807) is 0 Å². The Kier molecular flexibility index (Phi) is 4.63. The van der Waals surface area contributed by atoms with Crippen LogP contribution in [0.2, 0.25) is 0 Å². The molecule has 3 N–H and O–H groups in total. The zero-order valence-corrected chi connectivity index (χ0v) is 16.5. The Morgan fingerprint density at radius 3 is 2.68 bits per heavy atom. The van der Waals surface area contributed by atoms with Gasteiger partial charge in [0.2, 0.25) is 5.88 Å². The molecule has 1 aliphatic heterocycles. The molecular formula is C21H26N4O3. The Morgan fingerprint density at radius 1 is 1.21 bits per heavy atom. The summed E-state index contributed by atoms with van der Waals surface area (Å²) in [7, 11) is 0. The van der Waals surface area contributed by atoms with Gasteiger partial charge in [0.15, 0.2) is 0 Å². The number of fused-ring (bicyclic) bond motifs is 3. The van der Waals surface area contributed by atoms with Gasteiger partial charge in [0.25, 0.3) is 5.56 Å². The summed E-state index contributed by atoms with van der Waals surface area (Å²) in [5, 5.41) is 12.2. The van der Waals surface area contributed by atoms with Crippen LogP contribution in [0, 0.1) is 0 Å². The molecular weight excluding hydrogens is 356 g/mol. The second-order valence-corrected chi connectivity index (χ2v) is 7.47. The number of H-pyrrole nitrogens is 2. The molecule has 3 aromatic rings. The molecule has 0 fully saturated rings. The Balaban J connectivity index is 2.01. The van der Waals surface area contributed by atoms with E-state index in [2.05, 4.69) is 20.9 Å². The molecule has 0 amide bonds. The minimum absolute atomic E-state index is 0.219. The van der Waals surface area contributed by atoms with Crippen LogP contribution in [0.1, 0.15) is 56.1 Å². The molecule has 1 aromatic carbocycles. The highest BCUT2D eigenvalue weighted by molar-refractivity contribution is 5.85. The predicted molar refractivity (Wildman–Crippen MR) is 109 cm³/mol. The van der Waals surface area contributed by atoms with Crippen LogP contribution in [0.15, 0.2) is 33.9 Å². The van der Waals surface area contributed by atoms with Crippen molar-refractivity contribution in [2.24, 2.45) is 0 Å². The highest BCUT2D eigenvalue weighted by Gasteiger charge is 2.35. The summed E-state index contributed by atoms with van der Waals surface area (Å²) in [5.74, 6) is -0.238. The highest BCUT2D eigenvalue weighted by atomic mass is 16.3. The molecule has 0 unspecified atom stereocenters. The minimum Gasteiger partial charge on any atom is -0.494 e. The predicted octanol–water partition coefficient (Wildman–Crippen LogP) is 2.66. The molecule has 0 radical (unpaired) electrons. The molecule has 28 heavy (non-hydrogen) atoms. The van der Waals surface area contributed by atoms with Crippen molar-refractivity contribution in [1.29, 1.82) is 0 Å². The summed E-state index contributed by atoms with van der Waals surface area (Å²) in [6, 6.07) is 7.43. The van der Waals surface area contributed by atoms with E-state index in [0.29, 0.717) is 6.42 Å². The lowest BCUT2D eigenvalue weighted by Crippen LogP contribution is -2.41. The molecule has 0 spiro atoms. The zero-order chi connectivity index (χ0) is 20.0. The van der Waals surface area contributed by atoms with Crippen LogP contribution in [-0.2, 0) is 6.42 Å². The van der Waals surface area contributed by atoms with Crippen LogP contribution < -0.4 is 11.2 Å². The van der Waals surface area contributed by atoms with Crippen molar-refractivity contribution in [3.05, 3.63) is 61.9 Å². The van der Waals surface area contributed by atoms with Crippen LogP contribution in [0.4, 0.5) is 0 Å². The fourth-order valence-electron chi connectivity index (χ4n) is 4.35. The summed E-state index contributed by atoms with van der Waals surface area (Å²) < 4.78 is 1.29. The third kappa shape index (κ3) is 2.69. The number of nitrogens with zero attached hydrogens (tertiary/aromatic N) is 2. The van der Waals surface area contributed by atoms with Crippen molar-refractivity contribution in [2.45, 2.75) is 45.7 Å². The molecule has 0 saturated heterocycles. The van der Waals surface area contributed by atoms with E-state index in [1.807, 2.05) is 39.0 Å². The monoisotopic (exact) mass is 382 g/mol. The van der Waals surface area contributed by atoms with Crippen LogP contribution in [0.5, 0.6) is 5.88 Å². The number of rotatable bonds is 4. The fraction of sp³-hybridized carbons (Fsp3) is 0.429. The first kappa shape index (κ1) is 18.6. The maximum Gasteiger partial charge on any atom is 0.331 e. The van der Waals surface area contributed by atoms with Gasteiger partial charge in [-0.25, -0.2) is 4.79 Å². The van der Waals surface area contributed by atoms with Gasteiger partial charge in [0, 0.05) is 29.2 Å². The lowest BCUT2D eigenvalue weighted by molar-refractivity contribution is 0.213. The molecule has 3 heterocycles. The number of benzene rings is 1. The first-order valence-electron chi connectivity index (χ1n) is 9.89. The quantitative estimate of drug-likeness (QED) is 0.647. The standard InChI is InChI=1S/C21H26N4O3/c1-4-12(3)25-20(27)16(19(26)23-21(25)28)18-17-14(10-11-24(18)5-2)13-8-6-7-9-15(13)22-17/h6-9,12,18,22,27H,4-5,10-11H2,1-3H3,(H,23,26,28)/t12-,18+/m1/s1. The Labute approximate surface area is 162 Å². The number of aromatic nitrogens is 3. The molecule has 7 nitrogen and oxygen atoms in total. The van der Waals surface area contributed by atoms with E-state index < -0.39 is 17.3 Å². The van der Waals surface area contributed by atoms with Crippen LogP contribution in [0.3, 0.4) is 0 Å². The summed E-state index contributed by atoms with van der Waals surface area (Å²) in [4.78, 5) is 33.2. The number of para-hydroxylation sites is 1. The normalized spacial score (nSPS) is 18.3. The third-order valence-electron chi connectivity index (χ3n) is 6.00. The second kappa shape index (κ2) is 6.98. The molecule has 2 aromatic heterocycles. The van der Waals surface area contributed by atoms with Crippen molar-refractivity contribution in [2.75, 3.05) is 13.1 Å². The average Bonchev–Trinajstić information content (AvgIpc) is 3.06. The molecule has 148 valence electrons. The van der Waals surface area contributed by atoms with Crippen molar-refractivity contribution in [3.63, 3.8) is 0 Å². The van der Waals surface area contributed by atoms with Crippen molar-refractivity contribution >= 4 is 10.9 Å². The van der Waals surface area contributed by atoms with E-state index in [4.69, 9.17) is 0 Å². The van der Waals surface area contributed by atoms with E-state index in [-0.39, 0.29) is 17.5 Å². The number of hydrogen-bond acceptors (Lipinski definition) is 4. The number of aromatic amines is 2. The Morgan fingerprint density at radius 2 is 1.96 bits per heavy atom. The summed E-state index contributed by atoms with van der Waals surface area (Å²) in [5.41, 5.74) is 2.24. The highest BCUT2D eigenvalue weighted by Crippen LogP contribution is 2.39. The van der Waals surface area contributed by atoms with Gasteiger partial charge in [-0.1, -0.05) is 32.0 Å². The largest absolute Gasteiger partial charge is 0.494 e. The fourth-order valence-corrected chi connectivity index (χ4v) is 4.35. The molecule has 0 bridgehead atoms. The SMILES string of the molecule is CC[C@@H](C)n1c(O)c([C@H]2c3[nH]c4ccccc4c3CCN2CC)c(=O)[nH]c1=O. The van der Waals surface area contributed by atoms with Crippen LogP contribution in [-0.4, -0.2) is 37.6 Å². The van der Waals surface area contributed by atoms with Gasteiger partial charge >= 0.3 is 5.69 Å². The number of aromatic hydroxyl groups is 1. The molecule has 1 aliphatic rings. The van der Waals surface area contributed by atoms with E-state index in [1.165, 1.54) is 10.1 Å². The smallest absolute Gasteiger partial charge is 0.331 e. The van der Waals surface area contributed by atoms with Crippen LogP contribution >= 0.6 is 0 Å². The first-order chi connectivity index (χ1) is 13.5. The summed E-state index contributed by atoms with van der Waals surface area (Å²) >= 11 is 0.